The van der Waals surface area contributed by atoms with Crippen molar-refractivity contribution >= 4 is 11.7 Å². The molecule has 150 valence electrons. The highest BCUT2D eigenvalue weighted by Gasteiger charge is 2.30. The average molecular weight is 392 g/mol. The Kier molecular flexibility index (Phi) is 4.58. The lowest BCUT2D eigenvalue weighted by atomic mass is 9.94. The maximum absolute atomic E-state index is 12.6. The zero-order chi connectivity index (χ0) is 19.8. The van der Waals surface area contributed by atoms with Crippen LogP contribution in [0.4, 0.5) is 4.79 Å². The summed E-state index contributed by atoms with van der Waals surface area (Å²) in [5.41, 5.74) is 3.64. The van der Waals surface area contributed by atoms with Crippen molar-refractivity contribution in [1.82, 2.24) is 19.5 Å². The molecule has 1 aromatic carbocycles. The van der Waals surface area contributed by atoms with Gasteiger partial charge in [-0.3, -0.25) is 0 Å². The van der Waals surface area contributed by atoms with Gasteiger partial charge in [-0.25, -0.2) is 9.78 Å². The van der Waals surface area contributed by atoms with Crippen LogP contribution in [-0.2, 0) is 11.3 Å². The first-order valence-corrected chi connectivity index (χ1v) is 10.2. The summed E-state index contributed by atoms with van der Waals surface area (Å²) in [6.45, 7) is 1.49. The standard InChI is InChI=1S/C22H24N4O3/c27-20-11-19(24-21-18(16-8-9-16)12-23-26(20)21)17-7-4-10-25(13-17)22(28)29-14-15-5-2-1-3-6-15/h1-3,5-6,11-12,16-17,27H,4,7-10,13-14H2. The Bertz CT molecular complexity index is 1030. The third kappa shape index (κ3) is 3.64. The number of ether oxygens (including phenoxy) is 1. The fraction of sp³-hybridized carbons (Fsp3) is 0.409. The number of rotatable bonds is 4. The first-order chi connectivity index (χ1) is 14.2. The summed E-state index contributed by atoms with van der Waals surface area (Å²) >= 11 is 0. The normalized spacial score (nSPS) is 19.4. The number of carbonyl (C=O) groups excluding carboxylic acids is 1. The molecule has 1 unspecified atom stereocenters. The number of aromatic nitrogens is 3. The molecule has 2 aliphatic rings. The Morgan fingerprint density at radius 3 is 2.79 bits per heavy atom. The number of amides is 1. The number of carbonyl (C=O) groups is 1. The SMILES string of the molecule is O=C(OCc1ccccc1)N1CCCC(c2cc(O)n3ncc(C4CC4)c3n2)C1. The van der Waals surface area contributed by atoms with E-state index in [1.54, 1.807) is 11.0 Å². The number of fused-ring (bicyclic) bond motifs is 1. The summed E-state index contributed by atoms with van der Waals surface area (Å²) in [6.07, 6.45) is 5.63. The van der Waals surface area contributed by atoms with E-state index in [0.717, 1.165) is 48.2 Å². The largest absolute Gasteiger partial charge is 0.493 e. The van der Waals surface area contributed by atoms with Crippen molar-refractivity contribution in [2.75, 3.05) is 13.1 Å². The highest BCUT2D eigenvalue weighted by atomic mass is 16.6. The minimum Gasteiger partial charge on any atom is -0.493 e. The van der Waals surface area contributed by atoms with Crippen LogP contribution >= 0.6 is 0 Å². The van der Waals surface area contributed by atoms with Crippen LogP contribution in [-0.4, -0.2) is 43.8 Å². The summed E-state index contributed by atoms with van der Waals surface area (Å²) in [4.78, 5) is 19.1. The van der Waals surface area contributed by atoms with E-state index in [2.05, 4.69) is 5.10 Å². The van der Waals surface area contributed by atoms with Gasteiger partial charge < -0.3 is 14.7 Å². The Morgan fingerprint density at radius 2 is 2.00 bits per heavy atom. The van der Waals surface area contributed by atoms with Crippen molar-refractivity contribution in [2.45, 2.75) is 44.1 Å². The van der Waals surface area contributed by atoms with Crippen molar-refractivity contribution in [2.24, 2.45) is 0 Å². The second-order valence-electron chi connectivity index (χ2n) is 7.97. The van der Waals surface area contributed by atoms with Gasteiger partial charge in [-0.05, 0) is 37.2 Å². The van der Waals surface area contributed by atoms with E-state index >= 15 is 0 Å². The van der Waals surface area contributed by atoms with Crippen LogP contribution in [0.2, 0.25) is 0 Å². The summed E-state index contributed by atoms with van der Waals surface area (Å²) in [5, 5.41) is 14.7. The van der Waals surface area contributed by atoms with Crippen LogP contribution < -0.4 is 0 Å². The highest BCUT2D eigenvalue weighted by Crippen LogP contribution is 2.42. The quantitative estimate of drug-likeness (QED) is 0.730. The fourth-order valence-electron chi connectivity index (χ4n) is 4.07. The van der Waals surface area contributed by atoms with Gasteiger partial charge in [0.2, 0.25) is 5.88 Å². The summed E-state index contributed by atoms with van der Waals surface area (Å²) < 4.78 is 7.00. The number of likely N-dealkylation sites (tertiary alicyclic amines) is 1. The Labute approximate surface area is 168 Å². The fourth-order valence-corrected chi connectivity index (χ4v) is 4.07. The molecule has 1 aliphatic heterocycles. The number of hydrogen-bond acceptors (Lipinski definition) is 5. The average Bonchev–Trinajstić information content (AvgIpc) is 3.51. The van der Waals surface area contributed by atoms with E-state index < -0.39 is 0 Å². The van der Waals surface area contributed by atoms with Crippen LogP contribution in [0.1, 0.15) is 54.3 Å². The smallest absolute Gasteiger partial charge is 0.410 e. The lowest BCUT2D eigenvalue weighted by Crippen LogP contribution is -2.39. The van der Waals surface area contributed by atoms with Crippen LogP contribution in [0, 0.1) is 0 Å². The minimum absolute atomic E-state index is 0.0749. The van der Waals surface area contributed by atoms with E-state index in [4.69, 9.17) is 9.72 Å². The van der Waals surface area contributed by atoms with Crippen LogP contribution in [0.5, 0.6) is 5.88 Å². The Hall–Kier alpha value is -3.09. The highest BCUT2D eigenvalue weighted by molar-refractivity contribution is 5.68. The molecule has 0 bridgehead atoms. The Morgan fingerprint density at radius 1 is 1.17 bits per heavy atom. The van der Waals surface area contributed by atoms with Gasteiger partial charge in [0.15, 0.2) is 5.65 Å². The first kappa shape index (κ1) is 18.0. The lowest BCUT2D eigenvalue weighted by molar-refractivity contribution is 0.0856. The van der Waals surface area contributed by atoms with Gasteiger partial charge in [-0.1, -0.05) is 30.3 Å². The van der Waals surface area contributed by atoms with Crippen LogP contribution in [0.3, 0.4) is 0 Å². The Balaban J connectivity index is 1.31. The third-order valence-corrected chi connectivity index (χ3v) is 5.82. The van der Waals surface area contributed by atoms with E-state index in [1.165, 1.54) is 4.52 Å². The third-order valence-electron chi connectivity index (χ3n) is 5.82. The number of hydrogen-bond donors (Lipinski definition) is 1. The zero-order valence-electron chi connectivity index (χ0n) is 16.2. The first-order valence-electron chi connectivity index (χ1n) is 10.2. The van der Waals surface area contributed by atoms with Crippen molar-refractivity contribution in [3.05, 3.63) is 59.4 Å². The molecule has 0 radical (unpaired) electrons. The molecule has 1 saturated carbocycles. The van der Waals surface area contributed by atoms with Crippen LogP contribution in [0.25, 0.3) is 5.65 Å². The maximum atomic E-state index is 12.6. The van der Waals surface area contributed by atoms with Gasteiger partial charge in [0.05, 0.1) is 11.9 Å². The molecule has 1 aliphatic carbocycles. The molecule has 1 N–H and O–H groups in total. The lowest BCUT2D eigenvalue weighted by Gasteiger charge is -2.31. The van der Waals surface area contributed by atoms with Gasteiger partial charge in [0, 0.05) is 30.6 Å². The van der Waals surface area contributed by atoms with Crippen molar-refractivity contribution in [1.29, 1.82) is 0 Å². The van der Waals surface area contributed by atoms with Crippen molar-refractivity contribution in [3.63, 3.8) is 0 Å². The second-order valence-corrected chi connectivity index (χ2v) is 7.97. The van der Waals surface area contributed by atoms with Crippen LogP contribution in [0.15, 0.2) is 42.6 Å². The predicted octanol–water partition coefficient (Wildman–Crippen LogP) is 3.83. The molecule has 7 heteroatoms. The van der Waals surface area contributed by atoms with E-state index in [9.17, 15) is 9.90 Å². The predicted molar refractivity (Wildman–Crippen MR) is 107 cm³/mol. The maximum Gasteiger partial charge on any atom is 0.410 e. The van der Waals surface area contributed by atoms with Gasteiger partial charge in [-0.2, -0.15) is 9.61 Å². The van der Waals surface area contributed by atoms with E-state index in [0.29, 0.717) is 19.0 Å². The molecule has 3 aromatic rings. The van der Waals surface area contributed by atoms with Gasteiger partial charge in [-0.15, -0.1) is 0 Å². The molecule has 2 fully saturated rings. The summed E-state index contributed by atoms with van der Waals surface area (Å²) in [5.74, 6) is 0.678. The molecular weight excluding hydrogens is 368 g/mol. The monoisotopic (exact) mass is 392 g/mol. The number of nitrogens with zero attached hydrogens (tertiary/aromatic N) is 4. The van der Waals surface area contributed by atoms with Crippen molar-refractivity contribution in [3.8, 4) is 5.88 Å². The molecule has 2 aromatic heterocycles. The van der Waals surface area contributed by atoms with Gasteiger partial charge in [0.1, 0.15) is 6.61 Å². The number of aromatic hydroxyl groups is 1. The molecule has 1 atom stereocenters. The molecule has 0 spiro atoms. The minimum atomic E-state index is -0.299. The molecule has 3 heterocycles. The summed E-state index contributed by atoms with van der Waals surface area (Å²) in [7, 11) is 0. The summed E-state index contributed by atoms with van der Waals surface area (Å²) in [6, 6.07) is 11.4. The topological polar surface area (TPSA) is 80.0 Å². The second kappa shape index (κ2) is 7.39. The van der Waals surface area contributed by atoms with Gasteiger partial charge in [0.25, 0.3) is 0 Å². The molecule has 1 amide bonds. The zero-order valence-corrected chi connectivity index (χ0v) is 16.2. The molecule has 29 heavy (non-hydrogen) atoms. The van der Waals surface area contributed by atoms with E-state index in [1.807, 2.05) is 36.5 Å². The molecule has 1 saturated heterocycles. The molecule has 7 nitrogen and oxygen atoms in total. The van der Waals surface area contributed by atoms with E-state index in [-0.39, 0.29) is 24.5 Å². The molecular formula is C22H24N4O3. The van der Waals surface area contributed by atoms with Gasteiger partial charge >= 0.3 is 6.09 Å². The van der Waals surface area contributed by atoms with Crippen molar-refractivity contribution < 1.29 is 14.6 Å². The number of benzene rings is 1. The number of piperidine rings is 1. The molecule has 5 rings (SSSR count).